The highest BCUT2D eigenvalue weighted by Gasteiger charge is 1.97. The van der Waals surface area contributed by atoms with Crippen LogP contribution in [0.2, 0.25) is 0 Å². The normalized spacial score (nSPS) is 10.2. The van der Waals surface area contributed by atoms with E-state index in [1.54, 1.807) is 11.8 Å². The van der Waals surface area contributed by atoms with Crippen LogP contribution >= 0.6 is 11.8 Å². The summed E-state index contributed by atoms with van der Waals surface area (Å²) in [5, 5.41) is 0.590. The van der Waals surface area contributed by atoms with E-state index in [0.717, 1.165) is 11.8 Å². The minimum absolute atomic E-state index is 0.590. The van der Waals surface area contributed by atoms with Gasteiger partial charge in [-0.1, -0.05) is 26.0 Å². The van der Waals surface area contributed by atoms with Gasteiger partial charge >= 0.3 is 0 Å². The Bertz CT molecular complexity index is 251. The number of benzene rings is 1. The monoisotopic (exact) mass is 180 g/mol. The molecule has 0 N–H and O–H groups in total. The molecule has 0 radical (unpaired) electrons. The van der Waals surface area contributed by atoms with Gasteiger partial charge in [-0.05, 0) is 12.1 Å². The summed E-state index contributed by atoms with van der Waals surface area (Å²) in [6.07, 6.45) is 0.865. The molecule has 1 nitrogen and oxygen atoms in total. The summed E-state index contributed by atoms with van der Waals surface area (Å²) in [6.45, 7) is 4.30. The molecule has 0 bridgehead atoms. The van der Waals surface area contributed by atoms with E-state index in [0.29, 0.717) is 5.25 Å². The number of aldehydes is 1. The molecule has 0 fully saturated rings. The van der Waals surface area contributed by atoms with Crippen molar-refractivity contribution in [2.24, 2.45) is 0 Å². The molecule has 0 aliphatic carbocycles. The van der Waals surface area contributed by atoms with Crippen LogP contribution in [-0.4, -0.2) is 11.5 Å². The average molecular weight is 180 g/mol. The molecule has 0 heterocycles. The fraction of sp³-hybridized carbons (Fsp3) is 0.300. The highest BCUT2D eigenvalue weighted by molar-refractivity contribution is 7.99. The van der Waals surface area contributed by atoms with Crippen molar-refractivity contribution in [3.05, 3.63) is 29.8 Å². The van der Waals surface area contributed by atoms with E-state index >= 15 is 0 Å². The first-order chi connectivity index (χ1) is 5.72. The second-order valence-electron chi connectivity index (χ2n) is 2.85. The number of thioether (sulfide) groups is 1. The maximum atomic E-state index is 10.3. The lowest BCUT2D eigenvalue weighted by Crippen LogP contribution is -1.86. The van der Waals surface area contributed by atoms with E-state index in [1.165, 1.54) is 4.90 Å². The van der Waals surface area contributed by atoms with Crippen molar-refractivity contribution in [2.45, 2.75) is 24.0 Å². The summed E-state index contributed by atoms with van der Waals surface area (Å²) < 4.78 is 0. The second kappa shape index (κ2) is 4.31. The SMILES string of the molecule is CC(C)Sc1ccc(C=O)cc1. The minimum Gasteiger partial charge on any atom is -0.298 e. The molecule has 1 aromatic carbocycles. The first-order valence-corrected chi connectivity index (χ1v) is 4.82. The van der Waals surface area contributed by atoms with Crippen LogP contribution in [0.15, 0.2) is 29.2 Å². The Hall–Kier alpha value is -0.760. The largest absolute Gasteiger partial charge is 0.298 e. The van der Waals surface area contributed by atoms with Gasteiger partial charge < -0.3 is 0 Å². The maximum absolute atomic E-state index is 10.3. The van der Waals surface area contributed by atoms with Crippen LogP contribution in [0, 0.1) is 0 Å². The molecule has 12 heavy (non-hydrogen) atoms. The lowest BCUT2D eigenvalue weighted by atomic mass is 10.2. The van der Waals surface area contributed by atoms with Crippen molar-refractivity contribution in [3.63, 3.8) is 0 Å². The number of hydrogen-bond acceptors (Lipinski definition) is 2. The second-order valence-corrected chi connectivity index (χ2v) is 4.50. The summed E-state index contributed by atoms with van der Waals surface area (Å²) in [6, 6.07) is 7.65. The molecule has 64 valence electrons. The zero-order valence-corrected chi connectivity index (χ0v) is 8.10. The van der Waals surface area contributed by atoms with Crippen LogP contribution in [0.1, 0.15) is 24.2 Å². The van der Waals surface area contributed by atoms with E-state index < -0.39 is 0 Å². The summed E-state index contributed by atoms with van der Waals surface area (Å²) >= 11 is 1.80. The fourth-order valence-electron chi connectivity index (χ4n) is 0.897. The van der Waals surface area contributed by atoms with Gasteiger partial charge in [-0.2, -0.15) is 0 Å². The third kappa shape index (κ3) is 2.70. The molecular weight excluding hydrogens is 168 g/mol. The number of carbonyl (C=O) groups is 1. The molecule has 0 saturated carbocycles. The Morgan fingerprint density at radius 1 is 1.25 bits per heavy atom. The highest BCUT2D eigenvalue weighted by atomic mass is 32.2. The standard InChI is InChI=1S/C10H12OS/c1-8(2)12-10-5-3-9(7-11)4-6-10/h3-8H,1-2H3. The Kier molecular flexibility index (Phi) is 3.35. The van der Waals surface area contributed by atoms with Crippen molar-refractivity contribution >= 4 is 18.0 Å². The third-order valence-corrected chi connectivity index (χ3v) is 2.40. The van der Waals surface area contributed by atoms with Crippen molar-refractivity contribution in [3.8, 4) is 0 Å². The number of hydrogen-bond donors (Lipinski definition) is 0. The van der Waals surface area contributed by atoms with Crippen LogP contribution in [0.25, 0.3) is 0 Å². The van der Waals surface area contributed by atoms with Crippen molar-refractivity contribution in [1.82, 2.24) is 0 Å². The smallest absolute Gasteiger partial charge is 0.150 e. The molecule has 1 rings (SSSR count). The molecule has 0 amide bonds. The predicted octanol–water partition coefficient (Wildman–Crippen LogP) is 3.00. The quantitative estimate of drug-likeness (QED) is 0.525. The van der Waals surface area contributed by atoms with Gasteiger partial charge in [0.15, 0.2) is 0 Å². The van der Waals surface area contributed by atoms with Crippen LogP contribution in [0.3, 0.4) is 0 Å². The van der Waals surface area contributed by atoms with Gasteiger partial charge in [0.05, 0.1) is 0 Å². The maximum Gasteiger partial charge on any atom is 0.150 e. The van der Waals surface area contributed by atoms with Crippen LogP contribution in [0.4, 0.5) is 0 Å². The van der Waals surface area contributed by atoms with E-state index in [9.17, 15) is 4.79 Å². The number of carbonyl (C=O) groups excluding carboxylic acids is 1. The topological polar surface area (TPSA) is 17.1 Å². The summed E-state index contributed by atoms with van der Waals surface area (Å²) in [7, 11) is 0. The minimum atomic E-state index is 0.590. The molecule has 0 unspecified atom stereocenters. The van der Waals surface area contributed by atoms with Crippen LogP contribution in [0.5, 0.6) is 0 Å². The summed E-state index contributed by atoms with van der Waals surface area (Å²) in [5.41, 5.74) is 0.739. The Morgan fingerprint density at radius 2 is 1.83 bits per heavy atom. The Balaban J connectivity index is 2.71. The van der Waals surface area contributed by atoms with Gasteiger partial charge in [-0.25, -0.2) is 0 Å². The lowest BCUT2D eigenvalue weighted by Gasteiger charge is -2.03. The molecular formula is C10H12OS. The molecule has 0 atom stereocenters. The molecule has 0 saturated heterocycles. The molecule has 0 aliphatic heterocycles. The lowest BCUT2D eigenvalue weighted by molar-refractivity contribution is 0.112. The molecule has 2 heteroatoms. The van der Waals surface area contributed by atoms with Gasteiger partial charge in [0, 0.05) is 15.7 Å². The van der Waals surface area contributed by atoms with E-state index in [4.69, 9.17) is 0 Å². The molecule has 1 aromatic rings. The van der Waals surface area contributed by atoms with Gasteiger partial charge in [0.25, 0.3) is 0 Å². The summed E-state index contributed by atoms with van der Waals surface area (Å²) in [4.78, 5) is 11.6. The molecule has 0 spiro atoms. The number of rotatable bonds is 3. The zero-order chi connectivity index (χ0) is 8.97. The van der Waals surface area contributed by atoms with Gasteiger partial charge in [-0.15, -0.1) is 11.8 Å². The van der Waals surface area contributed by atoms with Gasteiger partial charge in [-0.3, -0.25) is 4.79 Å². The van der Waals surface area contributed by atoms with E-state index in [2.05, 4.69) is 13.8 Å². The average Bonchev–Trinajstić information content (AvgIpc) is 2.05. The van der Waals surface area contributed by atoms with Crippen molar-refractivity contribution in [1.29, 1.82) is 0 Å². The Labute approximate surface area is 77.2 Å². The first kappa shape index (κ1) is 9.33. The highest BCUT2D eigenvalue weighted by Crippen LogP contribution is 2.22. The van der Waals surface area contributed by atoms with E-state index in [-0.39, 0.29) is 0 Å². The Morgan fingerprint density at radius 3 is 2.25 bits per heavy atom. The fourth-order valence-corrected chi connectivity index (χ4v) is 1.73. The van der Waals surface area contributed by atoms with Crippen molar-refractivity contribution in [2.75, 3.05) is 0 Å². The van der Waals surface area contributed by atoms with Gasteiger partial charge in [0.1, 0.15) is 6.29 Å². The third-order valence-electron chi connectivity index (χ3n) is 1.39. The van der Waals surface area contributed by atoms with Gasteiger partial charge in [0.2, 0.25) is 0 Å². The predicted molar refractivity (Wildman–Crippen MR) is 52.8 cm³/mol. The van der Waals surface area contributed by atoms with Crippen LogP contribution < -0.4 is 0 Å². The molecule has 0 aromatic heterocycles. The summed E-state index contributed by atoms with van der Waals surface area (Å²) in [5.74, 6) is 0. The zero-order valence-electron chi connectivity index (χ0n) is 7.28. The van der Waals surface area contributed by atoms with E-state index in [1.807, 2.05) is 24.3 Å². The first-order valence-electron chi connectivity index (χ1n) is 3.94. The van der Waals surface area contributed by atoms with Crippen molar-refractivity contribution < 1.29 is 4.79 Å². The molecule has 0 aliphatic rings. The van der Waals surface area contributed by atoms with Crippen LogP contribution in [-0.2, 0) is 0 Å².